The molecule has 0 aliphatic heterocycles. The lowest BCUT2D eigenvalue weighted by Crippen LogP contribution is -2.16. The van der Waals surface area contributed by atoms with Crippen LogP contribution in [-0.4, -0.2) is 20.7 Å². The van der Waals surface area contributed by atoms with Crippen LogP contribution >= 0.6 is 0 Å². The molecule has 0 saturated heterocycles. The summed E-state index contributed by atoms with van der Waals surface area (Å²) in [5, 5.41) is 0. The quantitative estimate of drug-likeness (QED) is 0.649. The topological polar surface area (TPSA) is 39.4 Å². The Bertz CT molecular complexity index is 867. The Hall–Kier alpha value is -2.78. The van der Waals surface area contributed by atoms with Crippen LogP contribution in [0.4, 0.5) is 26.3 Å². The number of fused-ring (bicyclic) bond motifs is 1. The fraction of sp³-hybridized carbons (Fsp3) is 0.143. The third-order valence-electron chi connectivity index (χ3n) is 3.07. The van der Waals surface area contributed by atoms with E-state index in [-0.39, 0.29) is 11.3 Å². The molecule has 3 aromatic rings. The number of benzene rings is 1. The Balaban J connectivity index is 1.97. The molecule has 4 nitrogen and oxygen atoms in total. The molecule has 2 heterocycles. The van der Waals surface area contributed by atoms with Gasteiger partial charge in [0.05, 0.1) is 18.1 Å². The molecule has 0 fully saturated rings. The second-order valence-electron chi connectivity index (χ2n) is 4.71. The zero-order valence-electron chi connectivity index (χ0n) is 11.6. The lowest BCUT2D eigenvalue weighted by molar-refractivity contribution is -0.274. The average Bonchev–Trinajstić information content (AvgIpc) is 2.89. The highest BCUT2D eigenvalue weighted by Gasteiger charge is 2.34. The van der Waals surface area contributed by atoms with Crippen LogP contribution in [0.15, 0.2) is 42.9 Å². The van der Waals surface area contributed by atoms with Crippen LogP contribution in [-0.2, 0) is 6.18 Å². The van der Waals surface area contributed by atoms with Gasteiger partial charge in [-0.1, -0.05) is 0 Å². The fourth-order valence-corrected chi connectivity index (χ4v) is 2.08. The molecule has 0 aliphatic carbocycles. The highest BCUT2D eigenvalue weighted by molar-refractivity contribution is 5.61. The van der Waals surface area contributed by atoms with Crippen molar-refractivity contribution in [1.82, 2.24) is 14.4 Å². The summed E-state index contributed by atoms with van der Waals surface area (Å²) < 4.78 is 79.6. The van der Waals surface area contributed by atoms with Crippen LogP contribution in [0.2, 0.25) is 0 Å². The van der Waals surface area contributed by atoms with E-state index in [1.807, 2.05) is 0 Å². The third kappa shape index (κ3) is 3.26. The van der Waals surface area contributed by atoms with E-state index in [1.165, 1.54) is 12.1 Å². The van der Waals surface area contributed by atoms with E-state index >= 15 is 0 Å². The van der Waals surface area contributed by atoms with Gasteiger partial charge in [0.1, 0.15) is 11.4 Å². The smallest absolute Gasteiger partial charge is 0.406 e. The molecule has 0 spiro atoms. The van der Waals surface area contributed by atoms with Crippen molar-refractivity contribution in [2.45, 2.75) is 12.5 Å². The zero-order valence-corrected chi connectivity index (χ0v) is 11.6. The highest BCUT2D eigenvalue weighted by atomic mass is 19.4. The van der Waals surface area contributed by atoms with Gasteiger partial charge in [0.15, 0.2) is 5.65 Å². The molecule has 0 radical (unpaired) electrons. The fourth-order valence-electron chi connectivity index (χ4n) is 2.08. The largest absolute Gasteiger partial charge is 0.573 e. The summed E-state index contributed by atoms with van der Waals surface area (Å²) in [6.45, 7) is 0. The Kier molecular flexibility index (Phi) is 3.61. The van der Waals surface area contributed by atoms with Crippen LogP contribution in [0.25, 0.3) is 16.9 Å². The van der Waals surface area contributed by atoms with E-state index in [0.717, 1.165) is 28.9 Å². The molecular formula is C14H7F6N3O. The van der Waals surface area contributed by atoms with Gasteiger partial charge in [0.2, 0.25) is 0 Å². The van der Waals surface area contributed by atoms with Crippen LogP contribution in [0.1, 0.15) is 5.69 Å². The highest BCUT2D eigenvalue weighted by Crippen LogP contribution is 2.31. The van der Waals surface area contributed by atoms with E-state index in [2.05, 4.69) is 14.7 Å². The van der Waals surface area contributed by atoms with Crippen molar-refractivity contribution in [3.8, 4) is 17.0 Å². The summed E-state index contributed by atoms with van der Waals surface area (Å²) in [6.07, 6.45) is -6.48. The van der Waals surface area contributed by atoms with E-state index < -0.39 is 24.0 Å². The first-order valence-corrected chi connectivity index (χ1v) is 6.40. The molecule has 24 heavy (non-hydrogen) atoms. The van der Waals surface area contributed by atoms with Crippen molar-refractivity contribution in [3.63, 3.8) is 0 Å². The van der Waals surface area contributed by atoms with Gasteiger partial charge in [0, 0.05) is 11.8 Å². The van der Waals surface area contributed by atoms with Gasteiger partial charge in [-0.15, -0.1) is 13.2 Å². The number of halogens is 6. The number of hydrogen-bond acceptors (Lipinski definition) is 3. The van der Waals surface area contributed by atoms with Gasteiger partial charge >= 0.3 is 12.5 Å². The monoisotopic (exact) mass is 347 g/mol. The van der Waals surface area contributed by atoms with Gasteiger partial charge in [-0.2, -0.15) is 13.2 Å². The lowest BCUT2D eigenvalue weighted by atomic mass is 10.1. The third-order valence-corrected chi connectivity index (χ3v) is 3.07. The summed E-state index contributed by atoms with van der Waals surface area (Å²) in [4.78, 5) is 7.57. The zero-order chi connectivity index (χ0) is 17.5. The van der Waals surface area contributed by atoms with Gasteiger partial charge in [-0.25, -0.2) is 4.98 Å². The van der Waals surface area contributed by atoms with Crippen molar-refractivity contribution in [2.75, 3.05) is 0 Å². The number of rotatable bonds is 2. The van der Waals surface area contributed by atoms with Crippen LogP contribution in [0.3, 0.4) is 0 Å². The molecule has 1 aromatic carbocycles. The standard InChI is InChI=1S/C14H7F6N3O/c15-13(16,17)11-5-22-12-6-21-10(7-23(11)12)8-1-3-9(4-2-8)24-14(18,19)20/h1-7H. The molecule has 10 heteroatoms. The molecule has 0 bridgehead atoms. The lowest BCUT2D eigenvalue weighted by Gasteiger charge is -2.10. The minimum absolute atomic E-state index is 0.00287. The molecule has 3 rings (SSSR count). The van der Waals surface area contributed by atoms with Crippen molar-refractivity contribution < 1.29 is 31.1 Å². The van der Waals surface area contributed by atoms with E-state index in [1.54, 1.807) is 0 Å². The van der Waals surface area contributed by atoms with E-state index in [0.29, 0.717) is 11.8 Å². The molecule has 0 saturated carbocycles. The minimum atomic E-state index is -4.82. The Morgan fingerprint density at radius 2 is 1.54 bits per heavy atom. The second kappa shape index (κ2) is 5.39. The molecule has 0 amide bonds. The minimum Gasteiger partial charge on any atom is -0.406 e. The Labute approximate surface area is 130 Å². The van der Waals surface area contributed by atoms with Crippen molar-refractivity contribution >= 4 is 5.65 Å². The number of alkyl halides is 6. The molecule has 0 unspecified atom stereocenters. The SMILES string of the molecule is FC(F)(F)Oc1ccc(-c2cn3c(C(F)(F)F)cnc3cn2)cc1. The first-order chi connectivity index (χ1) is 11.1. The Morgan fingerprint density at radius 3 is 2.12 bits per heavy atom. The van der Waals surface area contributed by atoms with Gasteiger partial charge < -0.3 is 4.74 Å². The summed E-state index contributed by atoms with van der Waals surface area (Å²) in [7, 11) is 0. The maximum Gasteiger partial charge on any atom is 0.573 e. The first-order valence-electron chi connectivity index (χ1n) is 6.40. The number of hydrogen-bond donors (Lipinski definition) is 0. The molecule has 126 valence electrons. The van der Waals surface area contributed by atoms with Crippen molar-refractivity contribution in [3.05, 3.63) is 48.5 Å². The summed E-state index contributed by atoms with van der Waals surface area (Å²) in [6, 6.07) is 4.62. The molecule has 0 N–H and O–H groups in total. The predicted octanol–water partition coefficient (Wildman–Crippen LogP) is 4.31. The van der Waals surface area contributed by atoms with Crippen LogP contribution in [0.5, 0.6) is 5.75 Å². The van der Waals surface area contributed by atoms with Gasteiger partial charge in [-0.05, 0) is 24.3 Å². The Morgan fingerprint density at radius 1 is 0.875 bits per heavy atom. The van der Waals surface area contributed by atoms with E-state index in [9.17, 15) is 26.3 Å². The summed E-state index contributed by atoms with van der Waals surface area (Å²) >= 11 is 0. The first kappa shape index (κ1) is 16.1. The van der Waals surface area contributed by atoms with Crippen molar-refractivity contribution in [2.24, 2.45) is 0 Å². The molecule has 2 aromatic heterocycles. The van der Waals surface area contributed by atoms with Gasteiger partial charge in [-0.3, -0.25) is 9.38 Å². The maximum absolute atomic E-state index is 12.9. The summed E-state index contributed by atoms with van der Waals surface area (Å²) in [5.41, 5.74) is -0.501. The predicted molar refractivity (Wildman–Crippen MR) is 70.1 cm³/mol. The van der Waals surface area contributed by atoms with Crippen LogP contribution in [0, 0.1) is 0 Å². The number of nitrogens with zero attached hydrogens (tertiary/aromatic N) is 3. The molecular weight excluding hydrogens is 340 g/mol. The van der Waals surface area contributed by atoms with Crippen molar-refractivity contribution in [1.29, 1.82) is 0 Å². The molecule has 0 aliphatic rings. The normalized spacial score (nSPS) is 12.6. The number of aromatic nitrogens is 3. The number of imidazole rings is 1. The van der Waals surface area contributed by atoms with Gasteiger partial charge in [0.25, 0.3) is 0 Å². The number of ether oxygens (including phenoxy) is 1. The average molecular weight is 347 g/mol. The van der Waals surface area contributed by atoms with E-state index in [4.69, 9.17) is 0 Å². The maximum atomic E-state index is 12.9. The second-order valence-corrected chi connectivity index (χ2v) is 4.71. The van der Waals surface area contributed by atoms with Crippen LogP contribution < -0.4 is 4.74 Å². The molecule has 0 atom stereocenters. The summed E-state index contributed by atoms with van der Waals surface area (Å²) in [5.74, 6) is -0.439.